The van der Waals surface area contributed by atoms with Gasteiger partial charge in [0.05, 0.1) is 12.2 Å². The first-order valence-corrected chi connectivity index (χ1v) is 9.58. The maximum atomic E-state index is 6.37. The molecule has 2 aromatic rings. The van der Waals surface area contributed by atoms with Crippen molar-refractivity contribution in [1.29, 1.82) is 0 Å². The van der Waals surface area contributed by atoms with E-state index in [1.165, 1.54) is 11.1 Å². The molecule has 0 radical (unpaired) electrons. The highest BCUT2D eigenvalue weighted by atomic mass is 79.9. The Hall–Kier alpha value is -1.12. The van der Waals surface area contributed by atoms with Crippen molar-refractivity contribution in [3.63, 3.8) is 0 Å². The number of benzene rings is 2. The molecule has 3 atom stereocenters. The smallest absolute Gasteiger partial charge is 0.0592 e. The largest absolute Gasteiger partial charge is 0.375 e. The zero-order valence-corrected chi connectivity index (χ0v) is 15.1. The summed E-state index contributed by atoms with van der Waals surface area (Å²) < 4.78 is 6.37. The Morgan fingerprint density at radius 2 is 1.17 bits per heavy atom. The van der Waals surface area contributed by atoms with Crippen LogP contribution in [0.2, 0.25) is 0 Å². The molecular formula is C21H25BrO. The van der Waals surface area contributed by atoms with Crippen LogP contribution in [0.4, 0.5) is 0 Å². The second-order valence-corrected chi connectivity index (χ2v) is 7.79. The molecule has 1 heterocycles. The summed E-state index contributed by atoms with van der Waals surface area (Å²) >= 11 is 3.84. The molecule has 3 rings (SSSR count). The SMILES string of the molecule is BrC1C[C@@H](CCc2ccccc2)O[C@@H](CCc2ccccc2)C1. The number of aryl methyl sites for hydroxylation is 2. The lowest BCUT2D eigenvalue weighted by Gasteiger charge is -2.33. The minimum atomic E-state index is 0.383. The molecule has 0 bridgehead atoms. The summed E-state index contributed by atoms with van der Waals surface area (Å²) in [4.78, 5) is 0.595. The van der Waals surface area contributed by atoms with Crippen LogP contribution >= 0.6 is 15.9 Å². The van der Waals surface area contributed by atoms with Gasteiger partial charge in [0.25, 0.3) is 0 Å². The minimum absolute atomic E-state index is 0.383. The van der Waals surface area contributed by atoms with Crippen LogP contribution in [0.15, 0.2) is 60.7 Å². The third-order valence-corrected chi connectivity index (χ3v) is 5.37. The number of hydrogen-bond donors (Lipinski definition) is 0. The molecule has 122 valence electrons. The van der Waals surface area contributed by atoms with E-state index in [4.69, 9.17) is 4.74 Å². The van der Waals surface area contributed by atoms with E-state index in [1.54, 1.807) is 0 Å². The third kappa shape index (κ3) is 5.47. The van der Waals surface area contributed by atoms with Gasteiger partial charge in [0.15, 0.2) is 0 Å². The van der Waals surface area contributed by atoms with Crippen LogP contribution in [0.25, 0.3) is 0 Å². The molecule has 1 aliphatic rings. The van der Waals surface area contributed by atoms with Gasteiger partial charge in [0.2, 0.25) is 0 Å². The molecule has 0 spiro atoms. The Morgan fingerprint density at radius 1 is 0.739 bits per heavy atom. The lowest BCUT2D eigenvalue weighted by molar-refractivity contribution is -0.0523. The summed E-state index contributed by atoms with van der Waals surface area (Å²) in [6, 6.07) is 21.5. The molecule has 0 N–H and O–H groups in total. The number of alkyl halides is 1. The zero-order valence-electron chi connectivity index (χ0n) is 13.5. The van der Waals surface area contributed by atoms with Crippen molar-refractivity contribution in [2.45, 2.75) is 55.6 Å². The highest BCUT2D eigenvalue weighted by Crippen LogP contribution is 2.29. The van der Waals surface area contributed by atoms with Gasteiger partial charge in [-0.05, 0) is 49.7 Å². The summed E-state index contributed by atoms with van der Waals surface area (Å²) in [6.07, 6.45) is 7.49. The van der Waals surface area contributed by atoms with Crippen LogP contribution in [0.1, 0.15) is 36.8 Å². The Labute approximate surface area is 148 Å². The molecule has 1 unspecified atom stereocenters. The number of hydrogen-bond acceptors (Lipinski definition) is 1. The molecule has 0 saturated carbocycles. The van der Waals surface area contributed by atoms with Gasteiger partial charge >= 0.3 is 0 Å². The van der Waals surface area contributed by atoms with Crippen LogP contribution in [0, 0.1) is 0 Å². The van der Waals surface area contributed by atoms with Crippen molar-refractivity contribution in [1.82, 2.24) is 0 Å². The van der Waals surface area contributed by atoms with E-state index in [-0.39, 0.29) is 0 Å². The van der Waals surface area contributed by atoms with Crippen molar-refractivity contribution >= 4 is 15.9 Å². The van der Waals surface area contributed by atoms with Crippen LogP contribution in [-0.2, 0) is 17.6 Å². The summed E-state index contributed by atoms with van der Waals surface area (Å²) in [6.45, 7) is 0. The number of ether oxygens (including phenoxy) is 1. The van der Waals surface area contributed by atoms with Crippen LogP contribution in [0.5, 0.6) is 0 Å². The van der Waals surface area contributed by atoms with Crippen molar-refractivity contribution in [3.05, 3.63) is 71.8 Å². The van der Waals surface area contributed by atoms with Gasteiger partial charge in [-0.25, -0.2) is 0 Å². The van der Waals surface area contributed by atoms with E-state index in [0.29, 0.717) is 17.0 Å². The molecule has 0 aromatic heterocycles. The van der Waals surface area contributed by atoms with E-state index in [0.717, 1.165) is 38.5 Å². The summed E-state index contributed by atoms with van der Waals surface area (Å²) in [5, 5.41) is 0. The minimum Gasteiger partial charge on any atom is -0.375 e. The first kappa shape index (κ1) is 16.7. The quantitative estimate of drug-likeness (QED) is 0.602. The molecule has 0 aliphatic carbocycles. The Morgan fingerprint density at radius 3 is 1.61 bits per heavy atom. The maximum absolute atomic E-state index is 6.37. The third-order valence-electron chi connectivity index (χ3n) is 4.62. The molecule has 1 aliphatic heterocycles. The fraction of sp³-hybridized carbons (Fsp3) is 0.429. The molecular weight excluding hydrogens is 348 g/mol. The molecule has 1 saturated heterocycles. The van der Waals surface area contributed by atoms with E-state index in [1.807, 2.05) is 0 Å². The standard InChI is InChI=1S/C21H25BrO/c22-19-15-20(13-11-17-7-3-1-4-8-17)23-21(16-19)14-12-18-9-5-2-6-10-18/h1-10,19-21H,11-16H2/t19?,20-,21+. The number of rotatable bonds is 6. The first-order chi connectivity index (χ1) is 11.3. The predicted octanol–water partition coefficient (Wildman–Crippen LogP) is 5.56. The van der Waals surface area contributed by atoms with Crippen molar-refractivity contribution < 1.29 is 4.74 Å². The van der Waals surface area contributed by atoms with Crippen molar-refractivity contribution in [2.75, 3.05) is 0 Å². The van der Waals surface area contributed by atoms with Crippen molar-refractivity contribution in [3.8, 4) is 0 Å². The van der Waals surface area contributed by atoms with Gasteiger partial charge in [-0.3, -0.25) is 0 Å². The fourth-order valence-corrected chi connectivity index (χ4v) is 4.20. The summed E-state index contributed by atoms with van der Waals surface area (Å²) in [5.74, 6) is 0. The van der Waals surface area contributed by atoms with E-state index in [9.17, 15) is 0 Å². The molecule has 0 amide bonds. The lowest BCUT2D eigenvalue weighted by Crippen LogP contribution is -2.33. The first-order valence-electron chi connectivity index (χ1n) is 8.67. The molecule has 2 aromatic carbocycles. The second kappa shape index (κ2) is 8.65. The highest BCUT2D eigenvalue weighted by molar-refractivity contribution is 9.09. The monoisotopic (exact) mass is 372 g/mol. The van der Waals surface area contributed by atoms with Crippen molar-refractivity contribution in [2.24, 2.45) is 0 Å². The molecule has 1 nitrogen and oxygen atoms in total. The lowest BCUT2D eigenvalue weighted by atomic mass is 9.95. The van der Waals surface area contributed by atoms with Gasteiger partial charge < -0.3 is 4.74 Å². The van der Waals surface area contributed by atoms with Crippen LogP contribution in [0.3, 0.4) is 0 Å². The highest BCUT2D eigenvalue weighted by Gasteiger charge is 2.27. The summed E-state index contributed by atoms with van der Waals surface area (Å²) in [5.41, 5.74) is 2.82. The van der Waals surface area contributed by atoms with Gasteiger partial charge in [-0.15, -0.1) is 0 Å². The average molecular weight is 373 g/mol. The van der Waals surface area contributed by atoms with Gasteiger partial charge in [0.1, 0.15) is 0 Å². The Balaban J connectivity index is 1.48. The van der Waals surface area contributed by atoms with Gasteiger partial charge in [-0.2, -0.15) is 0 Å². The van der Waals surface area contributed by atoms with E-state index >= 15 is 0 Å². The van der Waals surface area contributed by atoms with Gasteiger partial charge in [0, 0.05) is 4.83 Å². The maximum Gasteiger partial charge on any atom is 0.0592 e. The Bertz CT molecular complexity index is 517. The Kier molecular flexibility index (Phi) is 6.29. The number of halogens is 1. The van der Waals surface area contributed by atoms with Crippen LogP contribution in [-0.4, -0.2) is 17.0 Å². The summed E-state index contributed by atoms with van der Waals surface area (Å²) in [7, 11) is 0. The average Bonchev–Trinajstić information content (AvgIpc) is 2.60. The van der Waals surface area contributed by atoms with E-state index in [2.05, 4.69) is 76.6 Å². The molecule has 1 fully saturated rings. The normalized spacial score (nSPS) is 24.5. The zero-order chi connectivity index (χ0) is 15.9. The molecule has 23 heavy (non-hydrogen) atoms. The second-order valence-electron chi connectivity index (χ2n) is 6.50. The predicted molar refractivity (Wildman–Crippen MR) is 100 cm³/mol. The molecule has 2 heteroatoms. The fourth-order valence-electron chi connectivity index (χ4n) is 3.37. The van der Waals surface area contributed by atoms with E-state index < -0.39 is 0 Å². The van der Waals surface area contributed by atoms with Crippen LogP contribution < -0.4 is 0 Å². The topological polar surface area (TPSA) is 9.23 Å². The van der Waals surface area contributed by atoms with Gasteiger partial charge in [-0.1, -0.05) is 76.6 Å².